The quantitative estimate of drug-likeness (QED) is 0.776. The smallest absolute Gasteiger partial charge is 0.257 e. The van der Waals surface area contributed by atoms with Gasteiger partial charge in [0.05, 0.1) is 5.56 Å². The fourth-order valence-corrected chi connectivity index (χ4v) is 1.99. The van der Waals surface area contributed by atoms with E-state index < -0.39 is 0 Å². The van der Waals surface area contributed by atoms with Gasteiger partial charge >= 0.3 is 0 Å². The molecule has 1 heterocycles. The van der Waals surface area contributed by atoms with E-state index in [1.807, 2.05) is 30.3 Å². The van der Waals surface area contributed by atoms with Crippen molar-refractivity contribution in [2.75, 3.05) is 5.32 Å². The number of carbonyl (C=O) groups is 1. The molecule has 0 unspecified atom stereocenters. The zero-order valence-electron chi connectivity index (χ0n) is 12.2. The lowest BCUT2D eigenvalue weighted by atomic mass is 10.2. The van der Waals surface area contributed by atoms with Gasteiger partial charge in [0.25, 0.3) is 5.91 Å². The normalized spacial score (nSPS) is 10.1. The van der Waals surface area contributed by atoms with Crippen molar-refractivity contribution in [2.24, 2.45) is 0 Å². The van der Waals surface area contributed by atoms with Crippen LogP contribution < -0.4 is 15.6 Å². The molecule has 0 atom stereocenters. The zero-order valence-corrected chi connectivity index (χ0v) is 12.2. The first-order valence-corrected chi connectivity index (χ1v) is 7.04. The molecule has 0 bridgehead atoms. The molecule has 2 N–H and O–H groups in total. The Hall–Kier alpha value is -3.34. The molecule has 0 spiro atoms. The number of ether oxygens (including phenoxy) is 1. The minimum absolute atomic E-state index is 0.246. The highest BCUT2D eigenvalue weighted by Gasteiger charge is 2.06. The minimum atomic E-state index is -0.294. The molecule has 23 heavy (non-hydrogen) atoms. The van der Waals surface area contributed by atoms with Crippen LogP contribution in [0.4, 0.5) is 5.69 Å². The molecule has 1 amide bonds. The van der Waals surface area contributed by atoms with E-state index in [2.05, 4.69) is 10.3 Å². The van der Waals surface area contributed by atoms with Crippen molar-refractivity contribution in [1.29, 1.82) is 0 Å². The molecule has 0 aliphatic carbocycles. The Morgan fingerprint density at radius 1 is 0.870 bits per heavy atom. The van der Waals surface area contributed by atoms with Crippen LogP contribution in [0.15, 0.2) is 77.7 Å². The molecule has 3 aromatic rings. The highest BCUT2D eigenvalue weighted by molar-refractivity contribution is 6.04. The molecule has 0 aliphatic rings. The van der Waals surface area contributed by atoms with Crippen LogP contribution in [0.2, 0.25) is 0 Å². The number of aromatic amines is 1. The molecular formula is C18H14N2O3. The van der Waals surface area contributed by atoms with Gasteiger partial charge in [-0.2, -0.15) is 0 Å². The van der Waals surface area contributed by atoms with Gasteiger partial charge in [-0.3, -0.25) is 9.59 Å². The SMILES string of the molecule is O=C(Nc1ccc(Oc2ccccc2)cc1)c1ccc(=O)[nH]c1. The topological polar surface area (TPSA) is 71.2 Å². The van der Waals surface area contributed by atoms with Crippen molar-refractivity contribution >= 4 is 11.6 Å². The Morgan fingerprint density at radius 2 is 1.57 bits per heavy atom. The number of rotatable bonds is 4. The van der Waals surface area contributed by atoms with E-state index >= 15 is 0 Å². The number of hydrogen-bond acceptors (Lipinski definition) is 3. The first kappa shape index (κ1) is 14.6. The van der Waals surface area contributed by atoms with E-state index in [0.29, 0.717) is 17.0 Å². The Balaban J connectivity index is 1.66. The summed E-state index contributed by atoms with van der Waals surface area (Å²) in [5, 5.41) is 2.75. The first-order chi connectivity index (χ1) is 11.2. The number of hydrogen-bond donors (Lipinski definition) is 2. The van der Waals surface area contributed by atoms with Gasteiger partial charge in [0.2, 0.25) is 5.56 Å². The molecular weight excluding hydrogens is 292 g/mol. The molecule has 0 aliphatic heterocycles. The Morgan fingerprint density at radius 3 is 2.22 bits per heavy atom. The summed E-state index contributed by atoms with van der Waals surface area (Å²) >= 11 is 0. The molecule has 114 valence electrons. The van der Waals surface area contributed by atoms with E-state index in [1.165, 1.54) is 18.3 Å². The number of amides is 1. The Bertz CT molecular complexity index is 835. The second-order valence-corrected chi connectivity index (χ2v) is 4.84. The summed E-state index contributed by atoms with van der Waals surface area (Å²) in [6.45, 7) is 0. The predicted octanol–water partition coefficient (Wildman–Crippen LogP) is 3.42. The molecule has 0 saturated carbocycles. The lowest BCUT2D eigenvalue weighted by molar-refractivity contribution is 0.102. The Labute approximate surface area is 132 Å². The van der Waals surface area contributed by atoms with Crippen LogP contribution in [0.25, 0.3) is 0 Å². The average Bonchev–Trinajstić information content (AvgIpc) is 2.58. The number of para-hydroxylation sites is 1. The van der Waals surface area contributed by atoms with Gasteiger partial charge in [0.1, 0.15) is 11.5 Å². The van der Waals surface area contributed by atoms with E-state index in [1.54, 1.807) is 24.3 Å². The third-order valence-corrected chi connectivity index (χ3v) is 3.14. The molecule has 5 nitrogen and oxygen atoms in total. The molecule has 0 saturated heterocycles. The highest BCUT2D eigenvalue weighted by atomic mass is 16.5. The van der Waals surface area contributed by atoms with Gasteiger partial charge in [-0.25, -0.2) is 0 Å². The molecule has 1 aromatic heterocycles. The summed E-state index contributed by atoms with van der Waals surface area (Å²) in [5.41, 5.74) is 0.778. The van der Waals surface area contributed by atoms with Crippen molar-refractivity contribution in [2.45, 2.75) is 0 Å². The summed E-state index contributed by atoms with van der Waals surface area (Å²) in [6, 6.07) is 19.3. The van der Waals surface area contributed by atoms with Gasteiger partial charge in [0.15, 0.2) is 0 Å². The van der Waals surface area contributed by atoms with Crippen LogP contribution in [0.3, 0.4) is 0 Å². The first-order valence-electron chi connectivity index (χ1n) is 7.04. The lowest BCUT2D eigenvalue weighted by Gasteiger charge is -2.08. The summed E-state index contributed by atoms with van der Waals surface area (Å²) in [6.07, 6.45) is 1.38. The zero-order chi connectivity index (χ0) is 16.1. The van der Waals surface area contributed by atoms with Crippen LogP contribution >= 0.6 is 0 Å². The monoisotopic (exact) mass is 306 g/mol. The predicted molar refractivity (Wildman–Crippen MR) is 88.0 cm³/mol. The van der Waals surface area contributed by atoms with Crippen LogP contribution in [0.5, 0.6) is 11.5 Å². The minimum Gasteiger partial charge on any atom is -0.457 e. The summed E-state index contributed by atoms with van der Waals surface area (Å²) in [4.78, 5) is 25.5. The maximum Gasteiger partial charge on any atom is 0.257 e. The molecule has 0 radical (unpaired) electrons. The van der Waals surface area contributed by atoms with Crippen molar-refractivity contribution in [3.63, 3.8) is 0 Å². The second kappa shape index (κ2) is 6.62. The van der Waals surface area contributed by atoms with Crippen molar-refractivity contribution in [3.05, 3.63) is 88.8 Å². The number of carbonyl (C=O) groups excluding carboxylic acids is 1. The number of H-pyrrole nitrogens is 1. The third-order valence-electron chi connectivity index (χ3n) is 3.14. The van der Waals surface area contributed by atoms with Crippen molar-refractivity contribution in [3.8, 4) is 11.5 Å². The van der Waals surface area contributed by atoms with Gasteiger partial charge in [-0.15, -0.1) is 0 Å². The maximum absolute atomic E-state index is 12.0. The molecule has 0 fully saturated rings. The standard InChI is InChI=1S/C18H14N2O3/c21-17-11-6-13(12-19-17)18(22)20-14-7-9-16(10-8-14)23-15-4-2-1-3-5-15/h1-12H,(H,19,21)(H,20,22). The Kier molecular flexibility index (Phi) is 4.20. The van der Waals surface area contributed by atoms with Gasteiger partial charge < -0.3 is 15.0 Å². The van der Waals surface area contributed by atoms with E-state index in [4.69, 9.17) is 4.74 Å². The van der Waals surface area contributed by atoms with Crippen LogP contribution in [-0.4, -0.2) is 10.9 Å². The number of benzene rings is 2. The van der Waals surface area contributed by atoms with Gasteiger partial charge in [-0.1, -0.05) is 18.2 Å². The summed E-state index contributed by atoms with van der Waals surface area (Å²) in [7, 11) is 0. The van der Waals surface area contributed by atoms with Crippen LogP contribution in [0, 0.1) is 0 Å². The maximum atomic E-state index is 12.0. The van der Waals surface area contributed by atoms with Gasteiger partial charge in [-0.05, 0) is 42.5 Å². The number of anilines is 1. The largest absolute Gasteiger partial charge is 0.457 e. The van der Waals surface area contributed by atoms with Crippen LogP contribution in [-0.2, 0) is 0 Å². The van der Waals surface area contributed by atoms with E-state index in [-0.39, 0.29) is 11.5 Å². The summed E-state index contributed by atoms with van der Waals surface area (Å²) in [5.74, 6) is 1.13. The average molecular weight is 306 g/mol. The van der Waals surface area contributed by atoms with Crippen molar-refractivity contribution in [1.82, 2.24) is 4.98 Å². The molecule has 5 heteroatoms. The lowest BCUT2D eigenvalue weighted by Crippen LogP contribution is -2.14. The highest BCUT2D eigenvalue weighted by Crippen LogP contribution is 2.22. The van der Waals surface area contributed by atoms with Crippen LogP contribution in [0.1, 0.15) is 10.4 Å². The number of aromatic nitrogens is 1. The summed E-state index contributed by atoms with van der Waals surface area (Å²) < 4.78 is 5.68. The second-order valence-electron chi connectivity index (χ2n) is 4.84. The third kappa shape index (κ3) is 3.85. The fourth-order valence-electron chi connectivity index (χ4n) is 1.99. The molecule has 3 rings (SSSR count). The van der Waals surface area contributed by atoms with E-state index in [0.717, 1.165) is 5.75 Å². The van der Waals surface area contributed by atoms with Gasteiger partial charge in [0, 0.05) is 18.0 Å². The van der Waals surface area contributed by atoms with E-state index in [9.17, 15) is 9.59 Å². The number of nitrogens with one attached hydrogen (secondary N) is 2. The number of pyridine rings is 1. The molecule has 2 aromatic carbocycles. The van der Waals surface area contributed by atoms with Crippen molar-refractivity contribution < 1.29 is 9.53 Å². The fraction of sp³-hybridized carbons (Fsp3) is 0.